The van der Waals surface area contributed by atoms with Crippen molar-refractivity contribution in [1.29, 1.82) is 0 Å². The fourth-order valence-electron chi connectivity index (χ4n) is 2.68. The summed E-state index contributed by atoms with van der Waals surface area (Å²) >= 11 is 1.45. The van der Waals surface area contributed by atoms with E-state index in [2.05, 4.69) is 33.3 Å². The maximum atomic E-state index is 12.4. The van der Waals surface area contributed by atoms with Crippen LogP contribution >= 0.6 is 11.8 Å². The molecule has 1 heterocycles. The third-order valence-electron chi connectivity index (χ3n) is 4.28. The topological polar surface area (TPSA) is 97.0 Å². The second-order valence-electron chi connectivity index (χ2n) is 6.59. The van der Waals surface area contributed by atoms with Crippen molar-refractivity contribution in [2.24, 2.45) is 0 Å². The largest absolute Gasteiger partial charge is 0.368 e. The molecule has 0 atom stereocenters. The number of nitrogens with one attached hydrogen (secondary N) is 1. The van der Waals surface area contributed by atoms with Gasteiger partial charge < -0.3 is 16.0 Å². The van der Waals surface area contributed by atoms with Gasteiger partial charge in [-0.15, -0.1) is 11.8 Å². The minimum Gasteiger partial charge on any atom is -0.368 e. The van der Waals surface area contributed by atoms with Crippen molar-refractivity contribution >= 4 is 35.3 Å². The summed E-state index contributed by atoms with van der Waals surface area (Å²) in [5.74, 6) is 1.95. The second kappa shape index (κ2) is 9.88. The number of rotatable bonds is 8. The molecule has 0 fully saturated rings. The first kappa shape index (κ1) is 20.6. The number of para-hydroxylation sites is 1. The number of aryl methyl sites for hydroxylation is 1. The quantitative estimate of drug-likeness (QED) is 0.589. The zero-order chi connectivity index (χ0) is 20.6. The van der Waals surface area contributed by atoms with Gasteiger partial charge in [-0.25, -0.2) is 0 Å². The molecule has 0 radical (unpaired) electrons. The molecule has 3 N–H and O–H groups in total. The van der Waals surface area contributed by atoms with Gasteiger partial charge in [-0.1, -0.05) is 42.5 Å². The van der Waals surface area contributed by atoms with E-state index in [0.29, 0.717) is 29.8 Å². The van der Waals surface area contributed by atoms with E-state index in [1.807, 2.05) is 55.6 Å². The van der Waals surface area contributed by atoms with Gasteiger partial charge in [0.2, 0.25) is 17.8 Å². The molecular weight excluding hydrogens is 384 g/mol. The lowest BCUT2D eigenvalue weighted by molar-refractivity contribution is -0.127. The number of anilines is 3. The van der Waals surface area contributed by atoms with Gasteiger partial charge in [0, 0.05) is 19.3 Å². The smallest absolute Gasteiger partial charge is 0.232 e. The summed E-state index contributed by atoms with van der Waals surface area (Å²) in [6.45, 7) is 2.64. The van der Waals surface area contributed by atoms with Crippen molar-refractivity contribution in [3.05, 3.63) is 71.5 Å². The van der Waals surface area contributed by atoms with Crippen LogP contribution in [0.3, 0.4) is 0 Å². The fourth-order valence-corrected chi connectivity index (χ4v) is 3.49. The van der Waals surface area contributed by atoms with E-state index in [0.717, 1.165) is 11.3 Å². The minimum absolute atomic E-state index is 0.0583. The average molecular weight is 409 g/mol. The summed E-state index contributed by atoms with van der Waals surface area (Å²) < 4.78 is 0. The molecule has 0 aliphatic rings. The molecule has 2 aromatic carbocycles. The van der Waals surface area contributed by atoms with Crippen LogP contribution in [-0.4, -0.2) is 38.6 Å². The number of hydrogen-bond acceptors (Lipinski definition) is 7. The van der Waals surface area contributed by atoms with E-state index in [1.165, 1.54) is 17.3 Å². The first-order chi connectivity index (χ1) is 14.0. The van der Waals surface area contributed by atoms with Crippen LogP contribution in [0, 0.1) is 6.92 Å². The van der Waals surface area contributed by atoms with Gasteiger partial charge in [0.1, 0.15) is 5.82 Å². The fraction of sp³-hybridized carbons (Fsp3) is 0.238. The number of nitrogen functional groups attached to an aromatic ring is 1. The number of aromatic nitrogens is 3. The Hall–Kier alpha value is -3.13. The maximum absolute atomic E-state index is 12.4. The first-order valence-electron chi connectivity index (χ1n) is 9.20. The molecule has 0 unspecified atom stereocenters. The predicted octanol–water partition coefficient (Wildman–Crippen LogP) is 3.40. The standard InChI is InChI=1S/C21H24N6OS/c1-15-8-6-7-9-16(15)12-27(2)19(28)14-29-13-18-24-20(22)26-21(25-18)23-17-10-4-3-5-11-17/h3-11H,12-14H2,1-2H3,(H3,22,23,24,25,26). The Bertz CT molecular complexity index is 966. The average Bonchev–Trinajstić information content (AvgIpc) is 2.70. The summed E-state index contributed by atoms with van der Waals surface area (Å²) in [6.07, 6.45) is 0. The zero-order valence-corrected chi connectivity index (χ0v) is 17.3. The zero-order valence-electron chi connectivity index (χ0n) is 16.5. The van der Waals surface area contributed by atoms with E-state index in [-0.39, 0.29) is 11.9 Å². The van der Waals surface area contributed by atoms with Crippen molar-refractivity contribution < 1.29 is 4.79 Å². The predicted molar refractivity (Wildman–Crippen MR) is 118 cm³/mol. The van der Waals surface area contributed by atoms with Crippen LogP contribution in [0.1, 0.15) is 17.0 Å². The third-order valence-corrected chi connectivity index (χ3v) is 5.19. The molecule has 0 aliphatic carbocycles. The Labute approximate surface area is 174 Å². The number of nitrogens with two attached hydrogens (primary N) is 1. The molecule has 7 nitrogen and oxygen atoms in total. The molecule has 150 valence electrons. The highest BCUT2D eigenvalue weighted by atomic mass is 32.2. The van der Waals surface area contributed by atoms with Crippen LogP contribution < -0.4 is 11.1 Å². The van der Waals surface area contributed by atoms with Gasteiger partial charge in [0.25, 0.3) is 0 Å². The Balaban J connectivity index is 1.53. The van der Waals surface area contributed by atoms with Gasteiger partial charge in [-0.05, 0) is 30.2 Å². The van der Waals surface area contributed by atoms with Crippen LogP contribution in [0.25, 0.3) is 0 Å². The highest BCUT2D eigenvalue weighted by Crippen LogP contribution is 2.16. The number of nitrogens with zero attached hydrogens (tertiary/aromatic N) is 4. The van der Waals surface area contributed by atoms with Crippen LogP contribution in [-0.2, 0) is 17.1 Å². The highest BCUT2D eigenvalue weighted by Gasteiger charge is 2.12. The molecule has 1 amide bonds. The van der Waals surface area contributed by atoms with Gasteiger partial charge >= 0.3 is 0 Å². The van der Waals surface area contributed by atoms with E-state index in [9.17, 15) is 4.79 Å². The lowest BCUT2D eigenvalue weighted by Crippen LogP contribution is -2.28. The maximum Gasteiger partial charge on any atom is 0.232 e. The van der Waals surface area contributed by atoms with E-state index < -0.39 is 0 Å². The van der Waals surface area contributed by atoms with E-state index in [1.54, 1.807) is 4.90 Å². The van der Waals surface area contributed by atoms with Gasteiger partial charge in [-0.3, -0.25) is 4.79 Å². The molecular formula is C21H24N6OS. The molecule has 8 heteroatoms. The van der Waals surface area contributed by atoms with Crippen LogP contribution in [0.2, 0.25) is 0 Å². The SMILES string of the molecule is Cc1ccccc1CN(C)C(=O)CSCc1nc(N)nc(Nc2ccccc2)n1. The van der Waals surface area contributed by atoms with Crippen molar-refractivity contribution in [1.82, 2.24) is 19.9 Å². The number of carbonyl (C=O) groups is 1. The minimum atomic E-state index is 0.0583. The van der Waals surface area contributed by atoms with Crippen LogP contribution in [0.15, 0.2) is 54.6 Å². The Kier molecular flexibility index (Phi) is 7.02. The first-order valence-corrected chi connectivity index (χ1v) is 10.4. The van der Waals surface area contributed by atoms with Crippen molar-refractivity contribution in [3.8, 4) is 0 Å². The lowest BCUT2D eigenvalue weighted by atomic mass is 10.1. The Morgan fingerprint density at radius 3 is 2.55 bits per heavy atom. The van der Waals surface area contributed by atoms with Gasteiger partial charge in [0.05, 0.1) is 11.5 Å². The van der Waals surface area contributed by atoms with Crippen molar-refractivity contribution in [2.45, 2.75) is 19.2 Å². The third kappa shape index (κ3) is 6.18. The molecule has 0 spiro atoms. The molecule has 0 aliphatic heterocycles. The van der Waals surface area contributed by atoms with Crippen LogP contribution in [0.4, 0.5) is 17.6 Å². The van der Waals surface area contributed by atoms with E-state index >= 15 is 0 Å². The normalized spacial score (nSPS) is 10.6. The number of hydrogen-bond donors (Lipinski definition) is 2. The van der Waals surface area contributed by atoms with E-state index in [4.69, 9.17) is 5.73 Å². The number of thioether (sulfide) groups is 1. The van der Waals surface area contributed by atoms with Gasteiger partial charge in [0.15, 0.2) is 0 Å². The number of amides is 1. The Morgan fingerprint density at radius 2 is 1.79 bits per heavy atom. The molecule has 29 heavy (non-hydrogen) atoms. The molecule has 3 rings (SSSR count). The number of benzene rings is 2. The summed E-state index contributed by atoms with van der Waals surface area (Å²) in [7, 11) is 1.82. The summed E-state index contributed by atoms with van der Waals surface area (Å²) in [6, 6.07) is 17.7. The van der Waals surface area contributed by atoms with Crippen molar-refractivity contribution in [2.75, 3.05) is 23.9 Å². The second-order valence-corrected chi connectivity index (χ2v) is 7.58. The molecule has 3 aromatic rings. The summed E-state index contributed by atoms with van der Waals surface area (Å²) in [5, 5.41) is 3.11. The van der Waals surface area contributed by atoms with Crippen molar-refractivity contribution in [3.63, 3.8) is 0 Å². The molecule has 0 saturated heterocycles. The summed E-state index contributed by atoms with van der Waals surface area (Å²) in [5.41, 5.74) is 9.00. The van der Waals surface area contributed by atoms with Crippen LogP contribution in [0.5, 0.6) is 0 Å². The Morgan fingerprint density at radius 1 is 1.07 bits per heavy atom. The number of carbonyl (C=O) groups excluding carboxylic acids is 1. The lowest BCUT2D eigenvalue weighted by Gasteiger charge is -2.18. The highest BCUT2D eigenvalue weighted by molar-refractivity contribution is 7.99. The molecule has 0 bridgehead atoms. The molecule has 0 saturated carbocycles. The summed E-state index contributed by atoms with van der Waals surface area (Å²) in [4.78, 5) is 26.8. The monoisotopic (exact) mass is 408 g/mol. The van der Waals surface area contributed by atoms with Gasteiger partial charge in [-0.2, -0.15) is 15.0 Å². The molecule has 1 aromatic heterocycles.